The van der Waals surface area contributed by atoms with Crippen LogP contribution in [0.15, 0.2) is 63.5 Å². The van der Waals surface area contributed by atoms with E-state index in [1.165, 1.54) is 12.1 Å². The van der Waals surface area contributed by atoms with Crippen LogP contribution < -0.4 is 14.8 Å². The molecule has 28 heavy (non-hydrogen) atoms. The molecular formula is C21H17Br2ClFNO2. The molecule has 0 fully saturated rings. The number of ether oxygens (including phenoxy) is 2. The molecule has 7 heteroatoms. The first-order valence-electron chi connectivity index (χ1n) is 8.39. The van der Waals surface area contributed by atoms with Crippen LogP contribution >= 0.6 is 43.5 Å². The monoisotopic (exact) mass is 527 g/mol. The summed E-state index contributed by atoms with van der Waals surface area (Å²) in [6.45, 7) is 0.818. The van der Waals surface area contributed by atoms with E-state index in [9.17, 15) is 4.39 Å². The van der Waals surface area contributed by atoms with Crippen molar-refractivity contribution in [3.63, 3.8) is 0 Å². The summed E-state index contributed by atoms with van der Waals surface area (Å²) in [6.07, 6.45) is 0. The fourth-order valence-electron chi connectivity index (χ4n) is 2.61. The molecule has 0 bridgehead atoms. The van der Waals surface area contributed by atoms with Gasteiger partial charge in [-0.3, -0.25) is 0 Å². The van der Waals surface area contributed by atoms with Gasteiger partial charge in [0.25, 0.3) is 0 Å². The average molecular weight is 530 g/mol. The van der Waals surface area contributed by atoms with Gasteiger partial charge in [0.2, 0.25) is 0 Å². The molecule has 0 saturated carbocycles. The Morgan fingerprint density at radius 3 is 2.54 bits per heavy atom. The van der Waals surface area contributed by atoms with E-state index in [1.807, 2.05) is 36.4 Å². The van der Waals surface area contributed by atoms with Gasteiger partial charge in [-0.1, -0.05) is 23.7 Å². The minimum absolute atomic E-state index is 0.238. The summed E-state index contributed by atoms with van der Waals surface area (Å²) in [7, 11) is 1.59. The molecule has 1 N–H and O–H groups in total. The Kier molecular flexibility index (Phi) is 7.21. The van der Waals surface area contributed by atoms with E-state index in [4.69, 9.17) is 21.1 Å². The van der Waals surface area contributed by atoms with Crippen molar-refractivity contribution >= 4 is 49.1 Å². The molecule has 0 radical (unpaired) electrons. The Balaban J connectivity index is 1.72. The Hall–Kier alpha value is -1.76. The highest BCUT2D eigenvalue weighted by molar-refractivity contribution is 9.10. The van der Waals surface area contributed by atoms with E-state index in [0.29, 0.717) is 23.1 Å². The van der Waals surface area contributed by atoms with Gasteiger partial charge < -0.3 is 14.8 Å². The minimum Gasteiger partial charge on any atom is -0.493 e. The number of hydrogen-bond acceptors (Lipinski definition) is 3. The van der Waals surface area contributed by atoms with Gasteiger partial charge in [-0.25, -0.2) is 4.39 Å². The van der Waals surface area contributed by atoms with E-state index in [2.05, 4.69) is 37.2 Å². The molecule has 0 aliphatic carbocycles. The van der Waals surface area contributed by atoms with Crippen LogP contribution in [-0.2, 0) is 13.2 Å². The van der Waals surface area contributed by atoms with E-state index in [1.54, 1.807) is 13.2 Å². The SMILES string of the molecule is COc1cc(CNc2ccc(Br)c(Cl)c2)cc(Br)c1OCc1cccc(F)c1. The summed E-state index contributed by atoms with van der Waals surface area (Å²) in [4.78, 5) is 0. The quantitative estimate of drug-likeness (QED) is 0.351. The second-order valence-corrected chi connectivity index (χ2v) is 8.13. The van der Waals surface area contributed by atoms with Gasteiger partial charge in [-0.15, -0.1) is 0 Å². The van der Waals surface area contributed by atoms with Crippen LogP contribution in [0.4, 0.5) is 10.1 Å². The highest BCUT2D eigenvalue weighted by Crippen LogP contribution is 2.37. The van der Waals surface area contributed by atoms with Crippen LogP contribution in [0.3, 0.4) is 0 Å². The molecule has 0 spiro atoms. The summed E-state index contributed by atoms with van der Waals surface area (Å²) in [5.74, 6) is 0.875. The first-order valence-corrected chi connectivity index (χ1v) is 10.3. The van der Waals surface area contributed by atoms with Crippen molar-refractivity contribution in [3.8, 4) is 11.5 Å². The van der Waals surface area contributed by atoms with Crippen LogP contribution in [0, 0.1) is 5.82 Å². The number of hydrogen-bond donors (Lipinski definition) is 1. The molecule has 0 heterocycles. The predicted molar refractivity (Wildman–Crippen MR) is 118 cm³/mol. The maximum atomic E-state index is 13.3. The van der Waals surface area contributed by atoms with Gasteiger partial charge in [0, 0.05) is 16.7 Å². The van der Waals surface area contributed by atoms with Crippen molar-refractivity contribution in [2.45, 2.75) is 13.2 Å². The molecular weight excluding hydrogens is 512 g/mol. The topological polar surface area (TPSA) is 30.5 Å². The summed E-state index contributed by atoms with van der Waals surface area (Å²) >= 11 is 13.1. The number of anilines is 1. The number of halogens is 4. The van der Waals surface area contributed by atoms with Crippen LogP contribution in [0.5, 0.6) is 11.5 Å². The lowest BCUT2D eigenvalue weighted by Crippen LogP contribution is -2.03. The first-order chi connectivity index (χ1) is 13.5. The third-order valence-electron chi connectivity index (χ3n) is 3.98. The van der Waals surface area contributed by atoms with Gasteiger partial charge in [-0.2, -0.15) is 0 Å². The van der Waals surface area contributed by atoms with Gasteiger partial charge in [0.15, 0.2) is 11.5 Å². The van der Waals surface area contributed by atoms with Crippen LogP contribution in [-0.4, -0.2) is 7.11 Å². The Bertz CT molecular complexity index is 985. The first kappa shape index (κ1) is 21.0. The predicted octanol–water partition coefficient (Wildman–Crippen LogP) is 7.20. The molecule has 0 aliphatic rings. The molecule has 3 rings (SSSR count). The van der Waals surface area contributed by atoms with Crippen molar-refractivity contribution in [1.82, 2.24) is 0 Å². The van der Waals surface area contributed by atoms with Crippen LogP contribution in [0.2, 0.25) is 5.02 Å². The number of nitrogens with one attached hydrogen (secondary N) is 1. The molecule has 0 atom stereocenters. The minimum atomic E-state index is -0.290. The van der Waals surface area contributed by atoms with Gasteiger partial charge in [0.05, 0.1) is 16.6 Å². The molecule has 146 valence electrons. The zero-order valence-electron chi connectivity index (χ0n) is 14.9. The molecule has 3 aromatic carbocycles. The molecule has 3 nitrogen and oxygen atoms in total. The maximum absolute atomic E-state index is 13.3. The van der Waals surface area contributed by atoms with E-state index < -0.39 is 0 Å². The Morgan fingerprint density at radius 2 is 1.82 bits per heavy atom. The summed E-state index contributed by atoms with van der Waals surface area (Å²) in [5, 5.41) is 3.97. The van der Waals surface area contributed by atoms with Crippen molar-refractivity contribution in [2.75, 3.05) is 12.4 Å². The third kappa shape index (κ3) is 5.40. The number of benzene rings is 3. The molecule has 0 aliphatic heterocycles. The average Bonchev–Trinajstić information content (AvgIpc) is 2.67. The van der Waals surface area contributed by atoms with Gasteiger partial charge >= 0.3 is 0 Å². The summed E-state index contributed by atoms with van der Waals surface area (Å²) in [6, 6.07) is 15.9. The lowest BCUT2D eigenvalue weighted by Gasteiger charge is -2.15. The van der Waals surface area contributed by atoms with Crippen molar-refractivity contribution < 1.29 is 13.9 Å². The maximum Gasteiger partial charge on any atom is 0.175 e. The highest BCUT2D eigenvalue weighted by atomic mass is 79.9. The second-order valence-electron chi connectivity index (χ2n) is 6.01. The van der Waals surface area contributed by atoms with Crippen molar-refractivity contribution in [2.24, 2.45) is 0 Å². The molecule has 0 saturated heterocycles. The van der Waals surface area contributed by atoms with Gasteiger partial charge in [0.1, 0.15) is 12.4 Å². The fourth-order valence-corrected chi connectivity index (χ4v) is 3.64. The van der Waals surface area contributed by atoms with Crippen molar-refractivity contribution in [1.29, 1.82) is 0 Å². The second kappa shape index (κ2) is 9.63. The molecule has 0 amide bonds. The van der Waals surface area contributed by atoms with Crippen LogP contribution in [0.25, 0.3) is 0 Å². The van der Waals surface area contributed by atoms with E-state index >= 15 is 0 Å². The zero-order valence-corrected chi connectivity index (χ0v) is 18.9. The smallest absolute Gasteiger partial charge is 0.175 e. The largest absolute Gasteiger partial charge is 0.493 e. The number of rotatable bonds is 7. The fraction of sp³-hybridized carbons (Fsp3) is 0.143. The lowest BCUT2D eigenvalue weighted by atomic mass is 10.2. The van der Waals surface area contributed by atoms with E-state index in [0.717, 1.165) is 25.8 Å². The number of methoxy groups -OCH3 is 1. The van der Waals surface area contributed by atoms with Crippen molar-refractivity contribution in [3.05, 3.63) is 85.5 Å². The standard InChI is InChI=1S/C21H17Br2ClFNO2/c1-27-20-9-14(11-26-16-5-6-17(22)19(24)10-16)8-18(23)21(20)28-12-13-3-2-4-15(25)7-13/h2-10,26H,11-12H2,1H3. The molecule has 3 aromatic rings. The zero-order chi connectivity index (χ0) is 20.1. The van der Waals surface area contributed by atoms with Crippen LogP contribution in [0.1, 0.15) is 11.1 Å². The summed E-state index contributed by atoms with van der Waals surface area (Å²) in [5.41, 5.74) is 2.66. The van der Waals surface area contributed by atoms with Gasteiger partial charge in [-0.05, 0) is 85.5 Å². The third-order valence-corrected chi connectivity index (χ3v) is 5.80. The summed E-state index contributed by atoms with van der Waals surface area (Å²) < 4.78 is 26.3. The Labute approximate surface area is 185 Å². The molecule has 0 unspecified atom stereocenters. The highest BCUT2D eigenvalue weighted by Gasteiger charge is 2.12. The normalized spacial score (nSPS) is 10.6. The Morgan fingerprint density at radius 1 is 1.00 bits per heavy atom. The lowest BCUT2D eigenvalue weighted by molar-refractivity contribution is 0.282. The van der Waals surface area contributed by atoms with E-state index in [-0.39, 0.29) is 12.4 Å². The molecule has 0 aromatic heterocycles.